The van der Waals surface area contributed by atoms with E-state index >= 15 is 0 Å². The summed E-state index contributed by atoms with van der Waals surface area (Å²) in [7, 11) is -3.66. The SMILES string of the molecule is CCOP(=O)(CC(=O)C(CCO[Si](CC)(CC)CC)OCc1ccc(OC)cc1)OCC. The van der Waals surface area contributed by atoms with E-state index in [1.807, 2.05) is 24.3 Å². The van der Waals surface area contributed by atoms with E-state index in [9.17, 15) is 9.36 Å². The summed E-state index contributed by atoms with van der Waals surface area (Å²) < 4.78 is 41.0. The molecule has 7 nitrogen and oxygen atoms in total. The number of rotatable bonds is 18. The van der Waals surface area contributed by atoms with E-state index in [0.717, 1.165) is 29.4 Å². The van der Waals surface area contributed by atoms with Gasteiger partial charge in [-0.3, -0.25) is 9.36 Å². The first-order valence-electron chi connectivity index (χ1n) is 11.6. The highest BCUT2D eigenvalue weighted by Crippen LogP contribution is 2.48. The molecule has 0 aliphatic carbocycles. The van der Waals surface area contributed by atoms with Gasteiger partial charge in [0.25, 0.3) is 0 Å². The number of hydrogen-bond acceptors (Lipinski definition) is 7. The van der Waals surface area contributed by atoms with Crippen molar-refractivity contribution in [3.8, 4) is 5.75 Å². The predicted molar refractivity (Wildman–Crippen MR) is 130 cm³/mol. The Hall–Kier alpha value is -1.02. The molecule has 0 heterocycles. The molecule has 0 spiro atoms. The fraction of sp³-hybridized carbons (Fsp3) is 0.696. The summed E-state index contributed by atoms with van der Waals surface area (Å²) in [4.78, 5) is 13.1. The first kappa shape index (κ1) is 29.0. The number of hydrogen-bond donors (Lipinski definition) is 0. The van der Waals surface area contributed by atoms with Crippen molar-refractivity contribution < 1.29 is 32.3 Å². The summed E-state index contributed by atoms with van der Waals surface area (Å²) in [6.45, 7) is 11.1. The molecule has 0 aromatic heterocycles. The highest BCUT2D eigenvalue weighted by atomic mass is 31.2. The topological polar surface area (TPSA) is 80.3 Å². The van der Waals surface area contributed by atoms with Crippen LogP contribution in [-0.4, -0.2) is 53.3 Å². The van der Waals surface area contributed by atoms with Gasteiger partial charge in [-0.15, -0.1) is 0 Å². The molecule has 9 heteroatoms. The molecular weight excluding hydrogens is 447 g/mol. The Bertz CT molecular complexity index is 689. The van der Waals surface area contributed by atoms with Crippen LogP contribution in [0.15, 0.2) is 24.3 Å². The summed E-state index contributed by atoms with van der Waals surface area (Å²) in [5, 5.41) is 0. The van der Waals surface area contributed by atoms with Crippen LogP contribution < -0.4 is 4.74 Å². The molecule has 1 atom stereocenters. The van der Waals surface area contributed by atoms with Crippen LogP contribution in [0.5, 0.6) is 5.75 Å². The average molecular weight is 489 g/mol. The van der Waals surface area contributed by atoms with E-state index in [4.69, 9.17) is 22.9 Å². The van der Waals surface area contributed by atoms with Crippen LogP contribution in [-0.2, 0) is 34.2 Å². The number of carbonyl (C=O) groups is 1. The maximum atomic E-state index is 13.1. The van der Waals surface area contributed by atoms with Crippen LogP contribution in [0.3, 0.4) is 0 Å². The molecule has 0 saturated heterocycles. The molecule has 0 N–H and O–H groups in total. The van der Waals surface area contributed by atoms with E-state index in [-0.39, 0.29) is 31.8 Å². The minimum atomic E-state index is -3.50. The van der Waals surface area contributed by atoms with Crippen LogP contribution in [0.25, 0.3) is 0 Å². The van der Waals surface area contributed by atoms with Gasteiger partial charge in [0.2, 0.25) is 0 Å². The van der Waals surface area contributed by atoms with Gasteiger partial charge in [-0.1, -0.05) is 32.9 Å². The van der Waals surface area contributed by atoms with Crippen molar-refractivity contribution in [2.45, 2.75) is 71.9 Å². The third-order valence-corrected chi connectivity index (χ3v) is 12.4. The number of methoxy groups -OCH3 is 1. The van der Waals surface area contributed by atoms with Gasteiger partial charge < -0.3 is 22.9 Å². The number of Topliss-reactive ketones (excluding diaryl/α,β-unsaturated/α-hetero) is 1. The van der Waals surface area contributed by atoms with Crippen LogP contribution in [0.2, 0.25) is 18.1 Å². The Kier molecular flexibility index (Phi) is 13.6. The van der Waals surface area contributed by atoms with Crippen molar-refractivity contribution in [1.82, 2.24) is 0 Å². The van der Waals surface area contributed by atoms with E-state index in [1.165, 1.54) is 0 Å². The standard InChI is InChI=1S/C23H41O7PSi/c1-7-28-31(25,29-8-2)19-22(24)23(16-17-30-32(9-3,10-4)11-5)27-18-20-12-14-21(26-6)15-13-20/h12-15,23H,7-11,16-19H2,1-6H3. The molecule has 32 heavy (non-hydrogen) atoms. The Morgan fingerprint density at radius 2 is 1.53 bits per heavy atom. The lowest BCUT2D eigenvalue weighted by Gasteiger charge is -2.29. The van der Waals surface area contributed by atoms with Gasteiger partial charge in [-0.25, -0.2) is 0 Å². The summed E-state index contributed by atoms with van der Waals surface area (Å²) in [5.41, 5.74) is 0.918. The second kappa shape index (κ2) is 15.0. The maximum absolute atomic E-state index is 13.1. The highest BCUT2D eigenvalue weighted by Gasteiger charge is 2.33. The maximum Gasteiger partial charge on any atom is 0.338 e. The van der Waals surface area contributed by atoms with Crippen molar-refractivity contribution in [2.75, 3.05) is 33.1 Å². The molecule has 1 rings (SSSR count). The number of benzene rings is 1. The molecule has 0 radical (unpaired) electrons. The third kappa shape index (κ3) is 9.46. The number of carbonyl (C=O) groups excluding carboxylic acids is 1. The highest BCUT2D eigenvalue weighted by molar-refractivity contribution is 7.54. The molecule has 1 unspecified atom stereocenters. The van der Waals surface area contributed by atoms with Crippen LogP contribution in [0.1, 0.15) is 46.6 Å². The van der Waals surface area contributed by atoms with Crippen LogP contribution in [0.4, 0.5) is 0 Å². The molecule has 0 amide bonds. The lowest BCUT2D eigenvalue weighted by Crippen LogP contribution is -2.38. The van der Waals surface area contributed by atoms with E-state index < -0.39 is 22.0 Å². The Labute approximate surface area is 194 Å². The van der Waals surface area contributed by atoms with Crippen molar-refractivity contribution in [3.05, 3.63) is 29.8 Å². The van der Waals surface area contributed by atoms with Crippen molar-refractivity contribution in [1.29, 1.82) is 0 Å². The van der Waals surface area contributed by atoms with Gasteiger partial charge in [0, 0.05) is 13.0 Å². The molecule has 0 bridgehead atoms. The minimum Gasteiger partial charge on any atom is -0.497 e. The van der Waals surface area contributed by atoms with E-state index in [0.29, 0.717) is 13.0 Å². The molecule has 1 aromatic rings. The minimum absolute atomic E-state index is 0.211. The summed E-state index contributed by atoms with van der Waals surface area (Å²) >= 11 is 0. The largest absolute Gasteiger partial charge is 0.497 e. The van der Waals surface area contributed by atoms with E-state index in [1.54, 1.807) is 21.0 Å². The van der Waals surface area contributed by atoms with Gasteiger partial charge in [0.15, 0.2) is 14.1 Å². The van der Waals surface area contributed by atoms with Crippen molar-refractivity contribution in [3.63, 3.8) is 0 Å². The van der Waals surface area contributed by atoms with Crippen LogP contribution >= 0.6 is 7.60 Å². The van der Waals surface area contributed by atoms with Crippen molar-refractivity contribution >= 4 is 21.7 Å². The zero-order valence-corrected chi connectivity index (χ0v) is 22.5. The lowest BCUT2D eigenvalue weighted by molar-refractivity contribution is -0.130. The molecule has 184 valence electrons. The Morgan fingerprint density at radius 3 is 2.00 bits per heavy atom. The first-order chi connectivity index (χ1) is 15.3. The molecule has 1 aromatic carbocycles. The Balaban J connectivity index is 2.89. The normalized spacial score (nSPS) is 13.2. The summed E-state index contributed by atoms with van der Waals surface area (Å²) in [5.74, 6) is 0.466. The van der Waals surface area contributed by atoms with Gasteiger partial charge in [-0.2, -0.15) is 0 Å². The fourth-order valence-corrected chi connectivity index (χ4v) is 7.80. The smallest absolute Gasteiger partial charge is 0.338 e. The second-order valence-electron chi connectivity index (χ2n) is 7.60. The fourth-order valence-electron chi connectivity index (χ4n) is 3.51. The number of ether oxygens (including phenoxy) is 2. The summed E-state index contributed by atoms with van der Waals surface area (Å²) in [6.07, 6.45) is -0.648. The first-order valence-corrected chi connectivity index (χ1v) is 15.9. The second-order valence-corrected chi connectivity index (χ2v) is 14.4. The van der Waals surface area contributed by atoms with Gasteiger partial charge >= 0.3 is 7.60 Å². The quantitative estimate of drug-likeness (QED) is 0.190. The predicted octanol–water partition coefficient (Wildman–Crippen LogP) is 5.83. The molecule has 0 aliphatic heterocycles. The molecule has 0 aliphatic rings. The zero-order chi connectivity index (χ0) is 24.0. The van der Waals surface area contributed by atoms with Gasteiger partial charge in [0.1, 0.15) is 18.0 Å². The Morgan fingerprint density at radius 1 is 0.969 bits per heavy atom. The molecule has 0 fully saturated rings. The van der Waals surface area contributed by atoms with Gasteiger partial charge in [-0.05, 0) is 49.7 Å². The van der Waals surface area contributed by atoms with Gasteiger partial charge in [0.05, 0.1) is 26.9 Å². The van der Waals surface area contributed by atoms with E-state index in [2.05, 4.69) is 20.8 Å². The van der Waals surface area contributed by atoms with Crippen molar-refractivity contribution in [2.24, 2.45) is 0 Å². The lowest BCUT2D eigenvalue weighted by atomic mass is 10.2. The zero-order valence-electron chi connectivity index (χ0n) is 20.6. The third-order valence-electron chi connectivity index (χ3n) is 5.69. The molecular formula is C23H41O7PSi. The van der Waals surface area contributed by atoms with Crippen LogP contribution in [0, 0.1) is 0 Å². The average Bonchev–Trinajstić information content (AvgIpc) is 2.79. The summed E-state index contributed by atoms with van der Waals surface area (Å²) in [6, 6.07) is 10.6. The number of ketones is 1. The monoisotopic (exact) mass is 488 g/mol. The molecule has 0 saturated carbocycles.